The standard InChI is InChI=1S/C36H43FN4O7S/c1-22-30(49-21-39-22)24-7-8-25(29(17-24)48-15-11-23-5-9-27(10-6-23)47-16-14-42)19-38-32(44)28-18-26(43)20-41(28)33(45)31(35(2,3)4)40-34(46)36(37)12-13-36/h5-10,14,17,21,26,28,31,43H,11-13,15-16,18-20H2,1-4H3,(H,38,44)(H,40,46)/t26-,28+,31-/m1/s1. The number of thiazole rings is 1. The number of aryl methyl sites for hydroxylation is 1. The fourth-order valence-electron chi connectivity index (χ4n) is 5.73. The summed E-state index contributed by atoms with van der Waals surface area (Å²) in [6.07, 6.45) is 0.605. The maximum Gasteiger partial charge on any atom is 0.258 e. The molecule has 0 spiro atoms. The van der Waals surface area contributed by atoms with Crippen LogP contribution in [0.3, 0.4) is 0 Å². The lowest BCUT2D eigenvalue weighted by Gasteiger charge is -2.35. The SMILES string of the molecule is Cc1ncsc1-c1ccc(CNC(=O)[C@@H]2C[C@@H](O)CN2C(=O)[C@@H](NC(=O)C2(F)CC2)C(C)(C)C)c(OCCc2ccc(OCC=O)cc2)c1. The molecule has 1 aliphatic heterocycles. The van der Waals surface area contributed by atoms with Crippen molar-refractivity contribution < 1.29 is 38.1 Å². The third-order valence-corrected chi connectivity index (χ3v) is 9.74. The van der Waals surface area contributed by atoms with Crippen molar-refractivity contribution in [3.8, 4) is 21.9 Å². The first kappa shape index (κ1) is 35.9. The lowest BCUT2D eigenvalue weighted by molar-refractivity contribution is -0.145. The molecule has 49 heavy (non-hydrogen) atoms. The summed E-state index contributed by atoms with van der Waals surface area (Å²) in [6, 6.07) is 11.1. The Hall–Kier alpha value is -4.36. The minimum atomic E-state index is -1.96. The van der Waals surface area contributed by atoms with Gasteiger partial charge in [0.2, 0.25) is 11.8 Å². The number of halogens is 1. The third kappa shape index (κ3) is 8.82. The second-order valence-electron chi connectivity index (χ2n) is 13.7. The number of alkyl halides is 1. The van der Waals surface area contributed by atoms with Crippen LogP contribution in [0.4, 0.5) is 4.39 Å². The lowest BCUT2D eigenvalue weighted by atomic mass is 9.85. The number of carbonyl (C=O) groups excluding carboxylic acids is 4. The van der Waals surface area contributed by atoms with Crippen LogP contribution in [-0.4, -0.2) is 82.6 Å². The zero-order valence-corrected chi connectivity index (χ0v) is 29.0. The molecule has 1 saturated carbocycles. The van der Waals surface area contributed by atoms with E-state index in [-0.39, 0.29) is 39.0 Å². The van der Waals surface area contributed by atoms with Crippen LogP contribution in [0.25, 0.3) is 10.4 Å². The van der Waals surface area contributed by atoms with E-state index in [4.69, 9.17) is 9.47 Å². The normalized spacial score (nSPS) is 18.8. The molecule has 0 unspecified atom stereocenters. The number of aromatic nitrogens is 1. The highest BCUT2D eigenvalue weighted by Gasteiger charge is 2.53. The van der Waals surface area contributed by atoms with Crippen molar-refractivity contribution in [1.82, 2.24) is 20.5 Å². The number of carbonyl (C=O) groups is 4. The molecule has 3 aromatic rings. The highest BCUT2D eigenvalue weighted by atomic mass is 32.1. The molecule has 11 nitrogen and oxygen atoms in total. The number of benzene rings is 2. The van der Waals surface area contributed by atoms with Gasteiger partial charge < -0.3 is 30.1 Å². The van der Waals surface area contributed by atoms with Gasteiger partial charge in [-0.05, 0) is 54.5 Å². The van der Waals surface area contributed by atoms with Gasteiger partial charge in [0.05, 0.1) is 28.8 Å². The fourth-order valence-corrected chi connectivity index (χ4v) is 6.54. The van der Waals surface area contributed by atoms with Gasteiger partial charge in [-0.2, -0.15) is 0 Å². The van der Waals surface area contributed by atoms with Gasteiger partial charge in [-0.25, -0.2) is 9.37 Å². The smallest absolute Gasteiger partial charge is 0.258 e. The molecule has 2 heterocycles. The molecule has 13 heteroatoms. The predicted molar refractivity (Wildman–Crippen MR) is 182 cm³/mol. The van der Waals surface area contributed by atoms with Crippen LogP contribution < -0.4 is 20.1 Å². The predicted octanol–water partition coefficient (Wildman–Crippen LogP) is 3.93. The number of likely N-dealkylation sites (tertiary alicyclic amines) is 1. The van der Waals surface area contributed by atoms with Crippen LogP contribution in [0.5, 0.6) is 11.5 Å². The summed E-state index contributed by atoms with van der Waals surface area (Å²) in [5, 5.41) is 16.0. The summed E-state index contributed by atoms with van der Waals surface area (Å²) < 4.78 is 26.1. The molecule has 1 saturated heterocycles. The summed E-state index contributed by atoms with van der Waals surface area (Å²) in [5.41, 5.74) is 2.58. The molecule has 5 rings (SSSR count). The average Bonchev–Trinajstić information content (AvgIpc) is 3.48. The second kappa shape index (κ2) is 15.0. The van der Waals surface area contributed by atoms with Crippen LogP contribution >= 0.6 is 11.3 Å². The molecular formula is C36H43FN4O7S. The Morgan fingerprint density at radius 2 is 1.90 bits per heavy atom. The van der Waals surface area contributed by atoms with E-state index in [1.807, 2.05) is 37.3 Å². The summed E-state index contributed by atoms with van der Waals surface area (Å²) >= 11 is 1.52. The largest absolute Gasteiger partial charge is 0.493 e. The van der Waals surface area contributed by atoms with Gasteiger partial charge >= 0.3 is 0 Å². The Balaban J connectivity index is 1.28. The van der Waals surface area contributed by atoms with E-state index in [0.717, 1.165) is 21.7 Å². The maximum absolute atomic E-state index is 14.5. The van der Waals surface area contributed by atoms with Gasteiger partial charge in [-0.1, -0.05) is 45.0 Å². The van der Waals surface area contributed by atoms with E-state index in [2.05, 4.69) is 15.6 Å². The highest BCUT2D eigenvalue weighted by Crippen LogP contribution is 2.40. The molecule has 3 atom stereocenters. The molecule has 2 aromatic carbocycles. The summed E-state index contributed by atoms with van der Waals surface area (Å²) in [4.78, 5) is 57.2. The van der Waals surface area contributed by atoms with E-state index in [9.17, 15) is 28.7 Å². The van der Waals surface area contributed by atoms with Crippen molar-refractivity contribution in [2.45, 2.75) is 83.8 Å². The number of amides is 3. The zero-order chi connectivity index (χ0) is 35.3. The number of ether oxygens (including phenoxy) is 2. The first-order chi connectivity index (χ1) is 23.3. The maximum atomic E-state index is 14.5. The Kier molecular flexibility index (Phi) is 11.0. The molecular weight excluding hydrogens is 651 g/mol. The minimum Gasteiger partial charge on any atom is -0.493 e. The Labute approximate surface area is 289 Å². The van der Waals surface area contributed by atoms with Crippen LogP contribution in [-0.2, 0) is 32.1 Å². The van der Waals surface area contributed by atoms with Gasteiger partial charge in [0.25, 0.3) is 5.91 Å². The molecule has 1 aromatic heterocycles. The molecule has 262 valence electrons. The average molecular weight is 695 g/mol. The molecule has 2 aliphatic rings. The number of rotatable bonds is 14. The number of hydrogen-bond donors (Lipinski definition) is 3. The first-order valence-corrected chi connectivity index (χ1v) is 17.2. The number of nitrogens with one attached hydrogen (secondary N) is 2. The van der Waals surface area contributed by atoms with Gasteiger partial charge in [0.15, 0.2) is 12.0 Å². The van der Waals surface area contributed by atoms with Crippen LogP contribution in [0, 0.1) is 12.3 Å². The number of aliphatic hydroxyl groups excluding tert-OH is 1. The van der Waals surface area contributed by atoms with Gasteiger partial charge in [-0.3, -0.25) is 19.2 Å². The fraction of sp³-hybridized carbons (Fsp3) is 0.472. The summed E-state index contributed by atoms with van der Waals surface area (Å²) in [7, 11) is 0. The first-order valence-electron chi connectivity index (χ1n) is 16.4. The van der Waals surface area contributed by atoms with Gasteiger partial charge in [0.1, 0.15) is 30.2 Å². The van der Waals surface area contributed by atoms with Crippen molar-refractivity contribution in [3.05, 3.63) is 64.8 Å². The van der Waals surface area contributed by atoms with Gasteiger partial charge in [-0.15, -0.1) is 11.3 Å². The zero-order valence-electron chi connectivity index (χ0n) is 28.2. The Morgan fingerprint density at radius 3 is 2.53 bits per heavy atom. The second-order valence-corrected chi connectivity index (χ2v) is 14.5. The van der Waals surface area contributed by atoms with Crippen molar-refractivity contribution in [1.29, 1.82) is 0 Å². The number of β-amino-alcohol motifs (C(OH)–C–C–N with tert-alkyl or cyclic N) is 1. The van der Waals surface area contributed by atoms with Crippen molar-refractivity contribution in [2.24, 2.45) is 5.41 Å². The molecule has 1 aliphatic carbocycles. The third-order valence-electron chi connectivity index (χ3n) is 8.77. The van der Waals surface area contributed by atoms with E-state index < -0.39 is 47.0 Å². The highest BCUT2D eigenvalue weighted by molar-refractivity contribution is 7.13. The van der Waals surface area contributed by atoms with Crippen LogP contribution in [0.2, 0.25) is 0 Å². The monoisotopic (exact) mass is 694 g/mol. The number of aldehydes is 1. The number of nitrogens with zero attached hydrogens (tertiary/aromatic N) is 2. The number of aliphatic hydroxyl groups is 1. The van der Waals surface area contributed by atoms with E-state index in [1.165, 1.54) is 16.2 Å². The quantitative estimate of drug-likeness (QED) is 0.215. The van der Waals surface area contributed by atoms with Crippen LogP contribution in [0.1, 0.15) is 56.9 Å². The summed E-state index contributed by atoms with van der Waals surface area (Å²) in [5.74, 6) is -0.655. The van der Waals surface area contributed by atoms with E-state index in [0.29, 0.717) is 36.4 Å². The lowest BCUT2D eigenvalue weighted by Crippen LogP contribution is -2.59. The van der Waals surface area contributed by atoms with E-state index >= 15 is 0 Å². The molecule has 3 amide bonds. The Morgan fingerprint density at radius 1 is 1.16 bits per heavy atom. The minimum absolute atomic E-state index is 0.0102. The summed E-state index contributed by atoms with van der Waals surface area (Å²) in [6.45, 7) is 7.55. The van der Waals surface area contributed by atoms with Crippen molar-refractivity contribution in [2.75, 3.05) is 19.8 Å². The van der Waals surface area contributed by atoms with Crippen molar-refractivity contribution in [3.63, 3.8) is 0 Å². The molecule has 0 radical (unpaired) electrons. The van der Waals surface area contributed by atoms with Gasteiger partial charge in [0, 0.05) is 31.5 Å². The topological polar surface area (TPSA) is 147 Å². The van der Waals surface area contributed by atoms with Crippen molar-refractivity contribution >= 4 is 35.3 Å². The molecule has 0 bridgehead atoms. The molecule has 2 fully saturated rings. The number of hydrogen-bond acceptors (Lipinski definition) is 9. The van der Waals surface area contributed by atoms with E-state index in [1.54, 1.807) is 38.4 Å². The molecule has 3 N–H and O–H groups in total. The Bertz CT molecular complexity index is 1670. The van der Waals surface area contributed by atoms with Crippen LogP contribution in [0.15, 0.2) is 48.0 Å².